The second kappa shape index (κ2) is 5.21. The fourth-order valence-electron chi connectivity index (χ4n) is 2.37. The number of benzene rings is 1. The summed E-state index contributed by atoms with van der Waals surface area (Å²) >= 11 is 3.39. The summed E-state index contributed by atoms with van der Waals surface area (Å²) in [7, 11) is 0. The molecule has 0 unspecified atom stereocenters. The maximum atomic E-state index is 12.3. The number of hydrogen-bond acceptors (Lipinski definition) is 1. The van der Waals surface area contributed by atoms with E-state index < -0.39 is 0 Å². The minimum absolute atomic E-state index is 0.166. The number of nitrogens with one attached hydrogen (secondary N) is 1. The number of hydrogen-bond donors (Lipinski definition) is 1. The maximum Gasteiger partial charge on any atom is 0.230 e. The van der Waals surface area contributed by atoms with Crippen molar-refractivity contribution in [3.05, 3.63) is 28.7 Å². The standard InChI is InChI=1S/C14H18BrNO/c1-14(9-3-2-4-10-14)13(17)16-12-7-5-11(15)6-8-12/h5-8H,2-4,9-10H2,1H3,(H,16,17). The molecule has 1 aromatic carbocycles. The third-order valence-electron chi connectivity index (χ3n) is 3.61. The van der Waals surface area contributed by atoms with Crippen LogP contribution in [0.25, 0.3) is 0 Å². The van der Waals surface area contributed by atoms with E-state index in [1.165, 1.54) is 19.3 Å². The van der Waals surface area contributed by atoms with Crippen LogP contribution in [0.5, 0.6) is 0 Å². The average Bonchev–Trinajstić information content (AvgIpc) is 2.33. The maximum absolute atomic E-state index is 12.3. The Balaban J connectivity index is 2.03. The average molecular weight is 296 g/mol. The molecule has 0 spiro atoms. The zero-order chi connectivity index (χ0) is 12.3. The first kappa shape index (κ1) is 12.6. The van der Waals surface area contributed by atoms with Crippen molar-refractivity contribution >= 4 is 27.5 Å². The molecule has 3 heteroatoms. The summed E-state index contributed by atoms with van der Waals surface area (Å²) in [5.41, 5.74) is 0.704. The normalized spacial score (nSPS) is 18.7. The van der Waals surface area contributed by atoms with Crippen LogP contribution in [-0.2, 0) is 4.79 Å². The van der Waals surface area contributed by atoms with Gasteiger partial charge in [-0.2, -0.15) is 0 Å². The van der Waals surface area contributed by atoms with Crippen molar-refractivity contribution in [2.45, 2.75) is 39.0 Å². The van der Waals surface area contributed by atoms with Crippen LogP contribution in [0.15, 0.2) is 28.7 Å². The fourth-order valence-corrected chi connectivity index (χ4v) is 2.64. The summed E-state index contributed by atoms with van der Waals surface area (Å²) in [5, 5.41) is 3.02. The van der Waals surface area contributed by atoms with Crippen molar-refractivity contribution in [1.29, 1.82) is 0 Å². The summed E-state index contributed by atoms with van der Waals surface area (Å²) in [5.74, 6) is 0.166. The largest absolute Gasteiger partial charge is 0.326 e. The Bertz CT molecular complexity index is 393. The molecular weight excluding hydrogens is 278 g/mol. The zero-order valence-electron chi connectivity index (χ0n) is 10.1. The molecular formula is C14H18BrNO. The first-order valence-electron chi connectivity index (χ1n) is 6.17. The quantitative estimate of drug-likeness (QED) is 0.863. The summed E-state index contributed by atoms with van der Waals surface area (Å²) in [4.78, 5) is 12.3. The van der Waals surface area contributed by atoms with Crippen LogP contribution in [0.3, 0.4) is 0 Å². The van der Waals surface area contributed by atoms with Gasteiger partial charge < -0.3 is 5.32 Å². The Morgan fingerprint density at radius 3 is 2.35 bits per heavy atom. The van der Waals surface area contributed by atoms with Crippen LogP contribution in [0, 0.1) is 5.41 Å². The van der Waals surface area contributed by atoms with E-state index in [0.29, 0.717) is 0 Å². The Morgan fingerprint density at radius 1 is 1.18 bits per heavy atom. The van der Waals surface area contributed by atoms with Gasteiger partial charge in [-0.1, -0.05) is 42.1 Å². The number of anilines is 1. The van der Waals surface area contributed by atoms with Gasteiger partial charge in [0.25, 0.3) is 0 Å². The molecule has 0 aromatic heterocycles. The third-order valence-corrected chi connectivity index (χ3v) is 4.14. The van der Waals surface area contributed by atoms with Crippen LogP contribution in [-0.4, -0.2) is 5.91 Å². The highest BCUT2D eigenvalue weighted by Gasteiger charge is 2.34. The van der Waals surface area contributed by atoms with E-state index in [2.05, 4.69) is 28.2 Å². The first-order chi connectivity index (χ1) is 8.10. The Morgan fingerprint density at radius 2 is 1.76 bits per heavy atom. The summed E-state index contributed by atoms with van der Waals surface area (Å²) in [6, 6.07) is 7.74. The van der Waals surface area contributed by atoms with Crippen LogP contribution >= 0.6 is 15.9 Å². The summed E-state index contributed by atoms with van der Waals surface area (Å²) < 4.78 is 1.03. The molecule has 1 aliphatic carbocycles. The van der Waals surface area contributed by atoms with Gasteiger partial charge in [0.2, 0.25) is 5.91 Å². The minimum Gasteiger partial charge on any atom is -0.326 e. The molecule has 2 nitrogen and oxygen atoms in total. The van der Waals surface area contributed by atoms with Crippen molar-refractivity contribution < 1.29 is 4.79 Å². The fraction of sp³-hybridized carbons (Fsp3) is 0.500. The van der Waals surface area contributed by atoms with E-state index in [4.69, 9.17) is 0 Å². The van der Waals surface area contributed by atoms with Gasteiger partial charge in [0, 0.05) is 15.6 Å². The van der Waals surface area contributed by atoms with Gasteiger partial charge in [-0.25, -0.2) is 0 Å². The minimum atomic E-state index is -0.175. The molecule has 0 saturated heterocycles. The first-order valence-corrected chi connectivity index (χ1v) is 6.96. The molecule has 92 valence electrons. The van der Waals surface area contributed by atoms with Gasteiger partial charge in [0.15, 0.2) is 0 Å². The van der Waals surface area contributed by atoms with Crippen molar-refractivity contribution in [2.75, 3.05) is 5.32 Å². The predicted octanol–water partition coefficient (Wildman–Crippen LogP) is 4.36. The summed E-state index contributed by atoms with van der Waals surface area (Å²) in [6.07, 6.45) is 5.63. The van der Waals surface area contributed by atoms with Gasteiger partial charge in [-0.05, 0) is 37.1 Å². The van der Waals surface area contributed by atoms with Crippen LogP contribution in [0.2, 0.25) is 0 Å². The second-order valence-electron chi connectivity index (χ2n) is 5.08. The monoisotopic (exact) mass is 295 g/mol. The van der Waals surface area contributed by atoms with Crippen molar-refractivity contribution in [2.24, 2.45) is 5.41 Å². The molecule has 17 heavy (non-hydrogen) atoms. The molecule has 0 aliphatic heterocycles. The van der Waals surface area contributed by atoms with Crippen LogP contribution < -0.4 is 5.32 Å². The SMILES string of the molecule is CC1(C(=O)Nc2ccc(Br)cc2)CCCCC1. The number of amides is 1. The molecule has 1 fully saturated rings. The molecule has 1 aromatic rings. The third kappa shape index (κ3) is 3.09. The van der Waals surface area contributed by atoms with Gasteiger partial charge in [0.1, 0.15) is 0 Å². The Hall–Kier alpha value is -0.830. The predicted molar refractivity (Wildman–Crippen MR) is 74.0 cm³/mol. The van der Waals surface area contributed by atoms with E-state index in [-0.39, 0.29) is 11.3 Å². The lowest BCUT2D eigenvalue weighted by atomic mass is 9.75. The number of halogens is 1. The van der Waals surface area contributed by atoms with E-state index in [1.54, 1.807) is 0 Å². The van der Waals surface area contributed by atoms with Crippen LogP contribution in [0.4, 0.5) is 5.69 Å². The van der Waals surface area contributed by atoms with E-state index in [0.717, 1.165) is 23.0 Å². The van der Waals surface area contributed by atoms with Gasteiger partial charge in [0.05, 0.1) is 0 Å². The second-order valence-corrected chi connectivity index (χ2v) is 6.00. The molecule has 0 atom stereocenters. The lowest BCUT2D eigenvalue weighted by Gasteiger charge is -2.32. The smallest absolute Gasteiger partial charge is 0.230 e. The van der Waals surface area contributed by atoms with Gasteiger partial charge in [-0.3, -0.25) is 4.79 Å². The number of carbonyl (C=O) groups is 1. The highest BCUT2D eigenvalue weighted by Crippen LogP contribution is 2.36. The highest BCUT2D eigenvalue weighted by molar-refractivity contribution is 9.10. The molecule has 1 saturated carbocycles. The lowest BCUT2D eigenvalue weighted by molar-refractivity contribution is -0.126. The lowest BCUT2D eigenvalue weighted by Crippen LogP contribution is -2.35. The van der Waals surface area contributed by atoms with E-state index >= 15 is 0 Å². The highest BCUT2D eigenvalue weighted by atomic mass is 79.9. The number of rotatable bonds is 2. The van der Waals surface area contributed by atoms with Gasteiger partial charge >= 0.3 is 0 Å². The zero-order valence-corrected chi connectivity index (χ0v) is 11.7. The van der Waals surface area contributed by atoms with E-state index in [9.17, 15) is 4.79 Å². The molecule has 0 radical (unpaired) electrons. The molecule has 1 amide bonds. The van der Waals surface area contributed by atoms with Gasteiger partial charge in [-0.15, -0.1) is 0 Å². The van der Waals surface area contributed by atoms with Crippen molar-refractivity contribution in [3.8, 4) is 0 Å². The topological polar surface area (TPSA) is 29.1 Å². The Kier molecular flexibility index (Phi) is 3.87. The molecule has 2 rings (SSSR count). The molecule has 1 aliphatic rings. The van der Waals surface area contributed by atoms with Crippen molar-refractivity contribution in [1.82, 2.24) is 0 Å². The molecule has 0 bridgehead atoms. The summed E-state index contributed by atoms with van der Waals surface area (Å²) in [6.45, 7) is 2.08. The van der Waals surface area contributed by atoms with Crippen LogP contribution in [0.1, 0.15) is 39.0 Å². The number of carbonyl (C=O) groups excluding carboxylic acids is 1. The van der Waals surface area contributed by atoms with Crippen molar-refractivity contribution in [3.63, 3.8) is 0 Å². The molecule has 1 N–H and O–H groups in total. The van der Waals surface area contributed by atoms with E-state index in [1.807, 2.05) is 24.3 Å². The molecule has 0 heterocycles. The Labute approximate surface area is 111 Å².